The van der Waals surface area contributed by atoms with E-state index in [1.807, 2.05) is 18.2 Å². The molecule has 0 unspecified atom stereocenters. The van der Waals surface area contributed by atoms with Crippen LogP contribution in [0.2, 0.25) is 5.02 Å². The number of carbonyl (C=O) groups is 3. The first-order valence-corrected chi connectivity index (χ1v) is 8.85. The largest absolute Gasteiger partial charge is 0.468 e. The van der Waals surface area contributed by atoms with E-state index < -0.39 is 17.3 Å². The van der Waals surface area contributed by atoms with Crippen LogP contribution in [-0.2, 0) is 19.7 Å². The van der Waals surface area contributed by atoms with Gasteiger partial charge in [0.2, 0.25) is 5.91 Å². The number of nitrogens with one attached hydrogen (secondary N) is 2. The third kappa shape index (κ3) is 4.28. The van der Waals surface area contributed by atoms with Crippen molar-refractivity contribution in [3.8, 4) is 0 Å². The van der Waals surface area contributed by atoms with Crippen LogP contribution in [0.1, 0.15) is 28.8 Å². The first-order chi connectivity index (χ1) is 12.9. The highest BCUT2D eigenvalue weighted by molar-refractivity contribution is 6.30. The summed E-state index contributed by atoms with van der Waals surface area (Å²) < 4.78 is 4.47. The highest BCUT2D eigenvalue weighted by Crippen LogP contribution is 2.49. The minimum absolute atomic E-state index is 0.0901. The molecule has 1 saturated carbocycles. The Morgan fingerprint density at radius 2 is 1.81 bits per heavy atom. The van der Waals surface area contributed by atoms with Crippen LogP contribution in [0.4, 0.5) is 5.69 Å². The second-order valence-electron chi connectivity index (χ2n) is 6.38. The number of halogens is 1. The van der Waals surface area contributed by atoms with Gasteiger partial charge in [-0.05, 0) is 54.8 Å². The quantitative estimate of drug-likeness (QED) is 0.747. The number of methoxy groups -OCH3 is 1. The SMILES string of the molecule is COC(=O)CNC(=O)c1ccc(NC(=O)C2(c3cccc(Cl)c3)CC2)cc1. The van der Waals surface area contributed by atoms with Gasteiger partial charge in [0.1, 0.15) is 6.54 Å². The van der Waals surface area contributed by atoms with Crippen molar-refractivity contribution in [1.82, 2.24) is 5.32 Å². The lowest BCUT2D eigenvalue weighted by Crippen LogP contribution is -2.30. The van der Waals surface area contributed by atoms with Gasteiger partial charge in [0.05, 0.1) is 12.5 Å². The van der Waals surface area contributed by atoms with E-state index in [2.05, 4.69) is 15.4 Å². The Bertz CT molecular complexity index is 876. The molecule has 0 aromatic heterocycles. The summed E-state index contributed by atoms with van der Waals surface area (Å²) in [5, 5.41) is 5.96. The van der Waals surface area contributed by atoms with E-state index in [9.17, 15) is 14.4 Å². The summed E-state index contributed by atoms with van der Waals surface area (Å²) in [6, 6.07) is 13.8. The van der Waals surface area contributed by atoms with Crippen LogP contribution >= 0.6 is 11.6 Å². The minimum atomic E-state index is -0.540. The fourth-order valence-electron chi connectivity index (χ4n) is 2.84. The summed E-state index contributed by atoms with van der Waals surface area (Å²) >= 11 is 6.05. The van der Waals surface area contributed by atoms with Crippen molar-refractivity contribution in [1.29, 1.82) is 0 Å². The van der Waals surface area contributed by atoms with Gasteiger partial charge in [-0.3, -0.25) is 14.4 Å². The Hall–Kier alpha value is -2.86. The molecular weight excluding hydrogens is 368 g/mol. The van der Waals surface area contributed by atoms with Crippen molar-refractivity contribution in [3.63, 3.8) is 0 Å². The van der Waals surface area contributed by atoms with Gasteiger partial charge in [-0.25, -0.2) is 0 Å². The predicted octanol–water partition coefficient (Wildman–Crippen LogP) is 2.91. The third-order valence-electron chi connectivity index (χ3n) is 4.59. The van der Waals surface area contributed by atoms with E-state index in [0.717, 1.165) is 18.4 Å². The van der Waals surface area contributed by atoms with Gasteiger partial charge in [-0.1, -0.05) is 23.7 Å². The Balaban J connectivity index is 1.64. The topological polar surface area (TPSA) is 84.5 Å². The highest BCUT2D eigenvalue weighted by atomic mass is 35.5. The molecule has 3 rings (SSSR count). The number of carbonyl (C=O) groups excluding carboxylic acids is 3. The summed E-state index contributed by atoms with van der Waals surface area (Å²) in [6.07, 6.45) is 1.54. The van der Waals surface area contributed by atoms with Crippen LogP contribution in [0.25, 0.3) is 0 Å². The summed E-state index contributed by atoms with van der Waals surface area (Å²) in [7, 11) is 1.25. The molecule has 6 nitrogen and oxygen atoms in total. The monoisotopic (exact) mass is 386 g/mol. The van der Waals surface area contributed by atoms with Crippen molar-refractivity contribution in [2.75, 3.05) is 19.0 Å². The normalized spacial score (nSPS) is 14.1. The molecule has 140 valence electrons. The number of hydrogen-bond acceptors (Lipinski definition) is 4. The number of anilines is 1. The zero-order valence-electron chi connectivity index (χ0n) is 14.8. The van der Waals surface area contributed by atoms with E-state index in [1.165, 1.54) is 7.11 Å². The Morgan fingerprint density at radius 3 is 2.41 bits per heavy atom. The van der Waals surface area contributed by atoms with Gasteiger partial charge in [0, 0.05) is 16.3 Å². The summed E-state index contributed by atoms with van der Waals surface area (Å²) in [5.41, 5.74) is 1.35. The lowest BCUT2D eigenvalue weighted by Gasteiger charge is -2.16. The molecule has 0 saturated heterocycles. The van der Waals surface area contributed by atoms with Crippen molar-refractivity contribution in [3.05, 3.63) is 64.7 Å². The number of ether oxygens (including phenoxy) is 1. The van der Waals surface area contributed by atoms with Crippen molar-refractivity contribution >= 4 is 35.1 Å². The van der Waals surface area contributed by atoms with Crippen LogP contribution in [-0.4, -0.2) is 31.4 Å². The molecule has 0 heterocycles. The summed E-state index contributed by atoms with van der Waals surface area (Å²) in [4.78, 5) is 35.8. The van der Waals surface area contributed by atoms with Gasteiger partial charge >= 0.3 is 5.97 Å². The van der Waals surface area contributed by atoms with Gasteiger partial charge in [0.25, 0.3) is 5.91 Å². The Labute approximate surface area is 161 Å². The number of benzene rings is 2. The maximum atomic E-state index is 12.8. The second-order valence-corrected chi connectivity index (χ2v) is 6.82. The molecule has 2 aromatic carbocycles. The van der Waals surface area contributed by atoms with Crippen LogP contribution in [0.15, 0.2) is 48.5 Å². The van der Waals surface area contributed by atoms with Crippen LogP contribution in [0, 0.1) is 0 Å². The zero-order valence-corrected chi connectivity index (χ0v) is 15.5. The molecule has 0 radical (unpaired) electrons. The molecule has 0 bridgehead atoms. The average molecular weight is 387 g/mol. The van der Waals surface area contributed by atoms with Gasteiger partial charge < -0.3 is 15.4 Å². The van der Waals surface area contributed by atoms with E-state index in [1.54, 1.807) is 30.3 Å². The Morgan fingerprint density at radius 1 is 1.11 bits per heavy atom. The van der Waals surface area contributed by atoms with Crippen LogP contribution in [0.5, 0.6) is 0 Å². The molecule has 0 atom stereocenters. The fourth-order valence-corrected chi connectivity index (χ4v) is 3.03. The maximum absolute atomic E-state index is 12.8. The summed E-state index contributed by atoms with van der Waals surface area (Å²) in [5.74, 6) is -1.01. The maximum Gasteiger partial charge on any atom is 0.325 e. The molecule has 0 aliphatic heterocycles. The molecule has 2 aromatic rings. The summed E-state index contributed by atoms with van der Waals surface area (Å²) in [6.45, 7) is -0.198. The average Bonchev–Trinajstić information content (AvgIpc) is 3.48. The molecule has 7 heteroatoms. The lowest BCUT2D eigenvalue weighted by molar-refractivity contribution is -0.139. The number of esters is 1. The number of amides is 2. The molecule has 1 fully saturated rings. The van der Waals surface area contributed by atoms with E-state index in [-0.39, 0.29) is 12.5 Å². The van der Waals surface area contributed by atoms with E-state index >= 15 is 0 Å². The van der Waals surface area contributed by atoms with E-state index in [0.29, 0.717) is 16.3 Å². The van der Waals surface area contributed by atoms with Crippen molar-refractivity contribution in [2.45, 2.75) is 18.3 Å². The molecule has 1 aliphatic carbocycles. The first kappa shape index (κ1) is 18.9. The smallest absolute Gasteiger partial charge is 0.325 e. The minimum Gasteiger partial charge on any atom is -0.468 e. The highest BCUT2D eigenvalue weighted by Gasteiger charge is 2.51. The molecule has 0 spiro atoms. The Kier molecular flexibility index (Phi) is 5.46. The lowest BCUT2D eigenvalue weighted by atomic mass is 9.95. The standard InChI is InChI=1S/C20H19ClN2O4/c1-27-17(24)12-22-18(25)13-5-7-16(8-6-13)23-19(26)20(9-10-20)14-3-2-4-15(21)11-14/h2-8,11H,9-10,12H2,1H3,(H,22,25)(H,23,26). The molecular formula is C20H19ClN2O4. The van der Waals surface area contributed by atoms with Crippen LogP contribution in [0.3, 0.4) is 0 Å². The molecule has 27 heavy (non-hydrogen) atoms. The van der Waals surface area contributed by atoms with Crippen molar-refractivity contribution in [2.24, 2.45) is 0 Å². The van der Waals surface area contributed by atoms with Crippen LogP contribution < -0.4 is 10.6 Å². The zero-order chi connectivity index (χ0) is 19.4. The van der Waals surface area contributed by atoms with Crippen molar-refractivity contribution < 1.29 is 19.1 Å². The first-order valence-electron chi connectivity index (χ1n) is 8.47. The predicted molar refractivity (Wildman–Crippen MR) is 102 cm³/mol. The second kappa shape index (κ2) is 7.80. The van der Waals surface area contributed by atoms with Gasteiger partial charge in [-0.15, -0.1) is 0 Å². The number of hydrogen-bond donors (Lipinski definition) is 2. The third-order valence-corrected chi connectivity index (χ3v) is 4.82. The number of rotatable bonds is 6. The van der Waals surface area contributed by atoms with E-state index in [4.69, 9.17) is 11.6 Å². The van der Waals surface area contributed by atoms with Gasteiger partial charge in [0.15, 0.2) is 0 Å². The molecule has 2 amide bonds. The molecule has 1 aliphatic rings. The molecule has 2 N–H and O–H groups in total. The fraction of sp³-hybridized carbons (Fsp3) is 0.250. The van der Waals surface area contributed by atoms with Gasteiger partial charge in [-0.2, -0.15) is 0 Å².